The van der Waals surface area contributed by atoms with Crippen LogP contribution in [0.5, 0.6) is 0 Å². The van der Waals surface area contributed by atoms with Gasteiger partial charge in [-0.05, 0) is 46.8 Å². The van der Waals surface area contributed by atoms with Crippen LogP contribution in [-0.4, -0.2) is 4.98 Å². The predicted molar refractivity (Wildman–Crippen MR) is 87.4 cm³/mol. The summed E-state index contributed by atoms with van der Waals surface area (Å²) in [6, 6.07) is 6.14. The van der Waals surface area contributed by atoms with Gasteiger partial charge in [0.05, 0.1) is 5.69 Å². The van der Waals surface area contributed by atoms with E-state index in [2.05, 4.69) is 73.5 Å². The molecule has 106 valence electrons. The fraction of sp³-hybridized carbons (Fsp3) is 0.350. The van der Waals surface area contributed by atoms with Gasteiger partial charge in [0.25, 0.3) is 0 Å². The summed E-state index contributed by atoms with van der Waals surface area (Å²) in [6.45, 7) is 4.84. The molecule has 0 saturated heterocycles. The Morgan fingerprint density at radius 2 is 1.76 bits per heavy atom. The maximum absolute atomic E-state index is 4.51. The molecule has 0 radical (unpaired) electrons. The van der Waals surface area contributed by atoms with Crippen molar-refractivity contribution in [3.8, 4) is 0 Å². The van der Waals surface area contributed by atoms with E-state index in [9.17, 15) is 0 Å². The van der Waals surface area contributed by atoms with Crippen molar-refractivity contribution in [2.45, 2.75) is 13.8 Å². The zero-order valence-electron chi connectivity index (χ0n) is 12.6. The Bertz CT molecular complexity index is 660. The molecule has 4 atom stereocenters. The number of hydrogen-bond donors (Lipinski definition) is 0. The predicted octanol–water partition coefficient (Wildman–Crippen LogP) is 4.67. The van der Waals surface area contributed by atoms with Crippen molar-refractivity contribution in [3.05, 3.63) is 72.6 Å². The van der Waals surface area contributed by atoms with Crippen molar-refractivity contribution >= 4 is 5.57 Å². The summed E-state index contributed by atoms with van der Waals surface area (Å²) < 4.78 is 0. The topological polar surface area (TPSA) is 12.9 Å². The first-order chi connectivity index (χ1) is 10.2. The number of rotatable bonds is 1. The number of hydrogen-bond acceptors (Lipinski definition) is 1. The van der Waals surface area contributed by atoms with E-state index in [0.29, 0.717) is 29.1 Å². The molecule has 1 fully saturated rings. The zero-order valence-corrected chi connectivity index (χ0v) is 12.6. The first-order valence-corrected chi connectivity index (χ1v) is 7.84. The summed E-state index contributed by atoms with van der Waals surface area (Å²) in [6.07, 6.45) is 18.3. The highest BCUT2D eigenvalue weighted by molar-refractivity contribution is 5.73. The van der Waals surface area contributed by atoms with E-state index in [4.69, 9.17) is 0 Å². The third-order valence-electron chi connectivity index (χ3n) is 5.57. The van der Waals surface area contributed by atoms with E-state index in [1.807, 2.05) is 12.3 Å². The van der Waals surface area contributed by atoms with Crippen LogP contribution in [0.15, 0.2) is 66.9 Å². The van der Waals surface area contributed by atoms with E-state index < -0.39 is 0 Å². The van der Waals surface area contributed by atoms with Gasteiger partial charge < -0.3 is 0 Å². The molecule has 1 heteroatoms. The third kappa shape index (κ3) is 1.87. The van der Waals surface area contributed by atoms with Gasteiger partial charge in [-0.25, -0.2) is 0 Å². The fourth-order valence-electron chi connectivity index (χ4n) is 4.44. The van der Waals surface area contributed by atoms with Crippen molar-refractivity contribution in [2.24, 2.45) is 29.1 Å². The van der Waals surface area contributed by atoms with Gasteiger partial charge in [0, 0.05) is 6.20 Å². The molecule has 1 aromatic heterocycles. The smallest absolute Gasteiger partial charge is 0.0698 e. The molecule has 3 aliphatic carbocycles. The van der Waals surface area contributed by atoms with Crippen LogP contribution in [0.3, 0.4) is 0 Å². The highest BCUT2D eigenvalue weighted by Gasteiger charge is 2.52. The molecule has 1 aromatic rings. The minimum Gasteiger partial charge on any atom is -0.256 e. The largest absolute Gasteiger partial charge is 0.256 e. The molecule has 1 nitrogen and oxygen atoms in total. The van der Waals surface area contributed by atoms with Crippen LogP contribution in [0.4, 0.5) is 0 Å². The zero-order chi connectivity index (χ0) is 14.4. The molecule has 0 amide bonds. The standard InChI is InChI=1S/C20H21N/c1-20(2)17-8-4-3-7-15(17)16-11-10-14(13-18(16)20)19-9-5-6-12-21-19/h3-13,15-18H,1-2H3. The van der Waals surface area contributed by atoms with Gasteiger partial charge in [-0.3, -0.25) is 4.98 Å². The Hall–Kier alpha value is -1.89. The molecular weight excluding hydrogens is 254 g/mol. The van der Waals surface area contributed by atoms with Crippen molar-refractivity contribution < 1.29 is 0 Å². The lowest BCUT2D eigenvalue weighted by Gasteiger charge is -2.33. The van der Waals surface area contributed by atoms with Gasteiger partial charge in [-0.1, -0.05) is 62.4 Å². The van der Waals surface area contributed by atoms with Gasteiger partial charge in [0.2, 0.25) is 0 Å². The second-order valence-corrected chi connectivity index (χ2v) is 6.99. The highest BCUT2D eigenvalue weighted by Crippen LogP contribution is 2.58. The normalized spacial score (nSPS) is 35.2. The minimum absolute atomic E-state index is 0.293. The molecule has 4 unspecified atom stereocenters. The summed E-state index contributed by atoms with van der Waals surface area (Å²) in [7, 11) is 0. The maximum atomic E-state index is 4.51. The van der Waals surface area contributed by atoms with Crippen LogP contribution >= 0.6 is 0 Å². The number of fused-ring (bicyclic) bond motifs is 3. The lowest BCUT2D eigenvalue weighted by atomic mass is 9.71. The molecule has 1 heterocycles. The third-order valence-corrected chi connectivity index (χ3v) is 5.57. The second-order valence-electron chi connectivity index (χ2n) is 6.99. The van der Waals surface area contributed by atoms with Crippen molar-refractivity contribution in [1.82, 2.24) is 4.98 Å². The summed E-state index contributed by atoms with van der Waals surface area (Å²) in [5.74, 6) is 2.50. The van der Waals surface area contributed by atoms with Crippen molar-refractivity contribution in [1.29, 1.82) is 0 Å². The summed E-state index contributed by atoms with van der Waals surface area (Å²) >= 11 is 0. The number of pyridine rings is 1. The summed E-state index contributed by atoms with van der Waals surface area (Å²) in [5.41, 5.74) is 2.65. The SMILES string of the molecule is CC1(C)C2C=CC=CC2C2C=CC(c3ccccn3)=CC21. The van der Waals surface area contributed by atoms with Gasteiger partial charge in [0.15, 0.2) is 0 Å². The summed E-state index contributed by atoms with van der Waals surface area (Å²) in [4.78, 5) is 4.51. The van der Waals surface area contributed by atoms with E-state index in [1.165, 1.54) is 5.57 Å². The average molecular weight is 275 g/mol. The first-order valence-electron chi connectivity index (χ1n) is 7.84. The minimum atomic E-state index is 0.293. The fourth-order valence-corrected chi connectivity index (χ4v) is 4.44. The van der Waals surface area contributed by atoms with Gasteiger partial charge in [0.1, 0.15) is 0 Å². The van der Waals surface area contributed by atoms with Crippen LogP contribution in [-0.2, 0) is 0 Å². The Kier molecular flexibility index (Phi) is 2.78. The Balaban J connectivity index is 1.76. The van der Waals surface area contributed by atoms with E-state index in [1.54, 1.807) is 0 Å². The van der Waals surface area contributed by atoms with Crippen LogP contribution in [0, 0.1) is 29.1 Å². The molecule has 3 aliphatic rings. The molecule has 0 spiro atoms. The van der Waals surface area contributed by atoms with Gasteiger partial charge in [-0.2, -0.15) is 0 Å². The van der Waals surface area contributed by atoms with E-state index in [-0.39, 0.29) is 0 Å². The number of nitrogens with zero attached hydrogens (tertiary/aromatic N) is 1. The Morgan fingerprint density at radius 3 is 2.57 bits per heavy atom. The number of aromatic nitrogens is 1. The molecule has 0 aromatic carbocycles. The molecule has 0 N–H and O–H groups in total. The monoisotopic (exact) mass is 275 g/mol. The molecule has 0 bridgehead atoms. The second kappa shape index (κ2) is 4.56. The molecular formula is C20H21N. The lowest BCUT2D eigenvalue weighted by Crippen LogP contribution is -2.26. The lowest BCUT2D eigenvalue weighted by molar-refractivity contribution is 0.239. The van der Waals surface area contributed by atoms with Crippen LogP contribution < -0.4 is 0 Å². The molecule has 0 aliphatic heterocycles. The first kappa shape index (κ1) is 12.8. The molecule has 4 rings (SSSR count). The Labute approximate surface area is 126 Å². The van der Waals surface area contributed by atoms with E-state index >= 15 is 0 Å². The van der Waals surface area contributed by atoms with Crippen LogP contribution in [0.1, 0.15) is 19.5 Å². The van der Waals surface area contributed by atoms with Gasteiger partial charge in [-0.15, -0.1) is 0 Å². The Morgan fingerprint density at radius 1 is 0.952 bits per heavy atom. The molecule has 1 saturated carbocycles. The number of allylic oxidation sites excluding steroid dienone is 8. The van der Waals surface area contributed by atoms with Crippen LogP contribution in [0.25, 0.3) is 5.57 Å². The summed E-state index contributed by atoms with van der Waals surface area (Å²) in [5, 5.41) is 0. The van der Waals surface area contributed by atoms with Crippen molar-refractivity contribution in [2.75, 3.05) is 0 Å². The molecule has 21 heavy (non-hydrogen) atoms. The van der Waals surface area contributed by atoms with Crippen molar-refractivity contribution in [3.63, 3.8) is 0 Å². The highest BCUT2D eigenvalue weighted by atomic mass is 14.7. The maximum Gasteiger partial charge on any atom is 0.0698 e. The van der Waals surface area contributed by atoms with Gasteiger partial charge >= 0.3 is 0 Å². The average Bonchev–Trinajstić information content (AvgIpc) is 2.77. The van der Waals surface area contributed by atoms with E-state index in [0.717, 1.165) is 5.69 Å². The van der Waals surface area contributed by atoms with Crippen LogP contribution in [0.2, 0.25) is 0 Å². The quantitative estimate of drug-likeness (QED) is 0.726.